The predicted octanol–water partition coefficient (Wildman–Crippen LogP) is 27.8. The van der Waals surface area contributed by atoms with Crippen molar-refractivity contribution in [3.05, 3.63) is 482 Å². The van der Waals surface area contributed by atoms with Crippen LogP contribution in [0.15, 0.2) is 376 Å². The third-order valence-corrected chi connectivity index (χ3v) is 26.9. The first-order chi connectivity index (χ1) is 61.7. The van der Waals surface area contributed by atoms with Crippen molar-refractivity contribution in [2.45, 2.75) is 11.5 Å². The van der Waals surface area contributed by atoms with Crippen molar-refractivity contribution < 1.29 is 0 Å². The monoisotopic (exact) mass is 1580 g/mol. The fourth-order valence-electron chi connectivity index (χ4n) is 20.7. The first-order valence-corrected chi connectivity index (χ1v) is 42.5. The van der Waals surface area contributed by atoms with E-state index in [9.17, 15) is 0 Å². The van der Waals surface area contributed by atoms with Gasteiger partial charge in [-0.25, -0.2) is 0 Å². The maximum absolute atomic E-state index is 6.17. The number of terminal acetylenes is 4. The highest BCUT2D eigenvalue weighted by atomic mass is 14.9. The predicted molar refractivity (Wildman–Crippen MR) is 520 cm³/mol. The van der Waals surface area contributed by atoms with E-state index in [-0.39, 0.29) is 12.0 Å². The van der Waals surface area contributed by atoms with Crippen LogP contribution in [0.4, 0.5) is 0 Å². The molecule has 4 N–H and O–H groups in total. The Bertz CT molecular complexity index is 7550. The summed E-state index contributed by atoms with van der Waals surface area (Å²) in [7, 11) is 0. The summed E-state index contributed by atoms with van der Waals surface area (Å²) < 4.78 is 0. The number of hydrogen-bond acceptors (Lipinski definition) is 1. The molecule has 24 rings (SSSR count). The lowest BCUT2D eigenvalue weighted by molar-refractivity contribution is 0.639. The summed E-state index contributed by atoms with van der Waals surface area (Å²) in [5, 5.41) is 7.14. The SMILES string of the molecule is C#Cc1ccc2c(c1)/C(=C\C1=CNC3C=CC=CC13)c1cc(-c3ccc(C(c4ccc(-c5ccc6c(c5)/C(=C/c5c[nH]c7ccccc57)c5cc(C#C)ccc5-6)cc4)(c4ccc(-c5ccc6c(c5)/C(=C/c5c[nH]c7ccccc57)c5cc(C#C)ccc5-6)cc4)c4ccc(-c5ccc6c(c5)/C(=C/c5c[nH]c7ccccc57)c5cc(C#C)ccc5-6)cc4)cc3)ccc1-2. The summed E-state index contributed by atoms with van der Waals surface area (Å²) in [5.41, 5.74) is 46.6. The largest absolute Gasteiger partial charge is 0.384 e. The Morgan fingerprint density at radius 2 is 0.520 bits per heavy atom. The van der Waals surface area contributed by atoms with Crippen molar-refractivity contribution in [3.63, 3.8) is 0 Å². The van der Waals surface area contributed by atoms with Crippen molar-refractivity contribution in [2.24, 2.45) is 5.92 Å². The molecule has 4 heteroatoms. The van der Waals surface area contributed by atoms with Crippen LogP contribution in [0.3, 0.4) is 0 Å². The number of rotatable bonds is 12. The average Bonchev–Trinajstić information content (AvgIpc) is 1.58. The second-order valence-corrected chi connectivity index (χ2v) is 33.5. The molecule has 5 aliphatic carbocycles. The molecule has 6 aliphatic rings. The molecule has 2 unspecified atom stereocenters. The fourth-order valence-corrected chi connectivity index (χ4v) is 20.7. The van der Waals surface area contributed by atoms with Crippen LogP contribution in [0.5, 0.6) is 0 Å². The van der Waals surface area contributed by atoms with Crippen LogP contribution in [-0.2, 0) is 5.41 Å². The molecule has 125 heavy (non-hydrogen) atoms. The smallest absolute Gasteiger partial charge is 0.0701 e. The zero-order chi connectivity index (χ0) is 83.1. The third kappa shape index (κ3) is 11.6. The summed E-state index contributed by atoms with van der Waals surface area (Å²) in [6.07, 6.45) is 51.4. The molecule has 0 fully saturated rings. The van der Waals surface area contributed by atoms with Crippen LogP contribution in [0.25, 0.3) is 162 Å². The van der Waals surface area contributed by atoms with Crippen molar-refractivity contribution >= 4 is 73.2 Å². The van der Waals surface area contributed by atoms with E-state index in [4.69, 9.17) is 25.7 Å². The minimum atomic E-state index is -0.932. The number of H-pyrrole nitrogens is 3. The Balaban J connectivity index is 0.681. The lowest BCUT2D eigenvalue weighted by Gasteiger charge is -2.37. The van der Waals surface area contributed by atoms with Crippen LogP contribution < -0.4 is 5.32 Å². The minimum absolute atomic E-state index is 0.208. The lowest BCUT2D eigenvalue weighted by atomic mass is 9.64. The van der Waals surface area contributed by atoms with Gasteiger partial charge in [-0.05, 0) is 299 Å². The molecule has 4 heterocycles. The molecule has 0 spiro atoms. The van der Waals surface area contributed by atoms with E-state index >= 15 is 0 Å². The van der Waals surface area contributed by atoms with Crippen molar-refractivity contribution in [2.75, 3.05) is 0 Å². The van der Waals surface area contributed by atoms with Crippen LogP contribution in [0.1, 0.15) is 106 Å². The topological polar surface area (TPSA) is 59.4 Å². The first kappa shape index (κ1) is 72.2. The normalized spacial score (nSPS) is 15.8. The first-order valence-electron chi connectivity index (χ1n) is 42.5. The highest BCUT2D eigenvalue weighted by Gasteiger charge is 2.40. The molecular formula is C121H74N4. The number of nitrogens with one attached hydrogen (secondary N) is 4. The van der Waals surface area contributed by atoms with Gasteiger partial charge in [0.2, 0.25) is 0 Å². The molecule has 1 aliphatic heterocycles. The average molecular weight is 1580 g/mol. The van der Waals surface area contributed by atoms with Gasteiger partial charge in [-0.1, -0.05) is 272 Å². The van der Waals surface area contributed by atoms with Gasteiger partial charge >= 0.3 is 0 Å². The molecular weight excluding hydrogens is 1510 g/mol. The Kier molecular flexibility index (Phi) is 16.6. The van der Waals surface area contributed by atoms with Crippen molar-refractivity contribution in [1.29, 1.82) is 0 Å². The van der Waals surface area contributed by atoms with Gasteiger partial charge in [0.1, 0.15) is 0 Å². The quantitative estimate of drug-likeness (QED) is 0.0715. The van der Waals surface area contributed by atoms with Gasteiger partial charge in [-0.15, -0.1) is 25.7 Å². The van der Waals surface area contributed by atoms with E-state index in [0.29, 0.717) is 0 Å². The molecule has 0 radical (unpaired) electrons. The highest BCUT2D eigenvalue weighted by Crippen LogP contribution is 2.55. The summed E-state index contributed by atoms with van der Waals surface area (Å²) in [6.45, 7) is 0. The molecule has 4 nitrogen and oxygen atoms in total. The van der Waals surface area contributed by atoms with Crippen LogP contribution in [-0.4, -0.2) is 21.0 Å². The van der Waals surface area contributed by atoms with Crippen molar-refractivity contribution in [1.82, 2.24) is 20.3 Å². The number of aromatic amines is 3. The Morgan fingerprint density at radius 3 is 0.824 bits per heavy atom. The molecule has 578 valence electrons. The van der Waals surface area contributed by atoms with Gasteiger partial charge in [-0.2, -0.15) is 0 Å². The standard InChI is InChI=1S/C121H74N4/c1-5-73-25-49-97-101-53-37-81(61-109(101)113(105(97)57-73)65-85-69-122-117-21-13-9-17-93(85)117)77-29-41-89(42-30-77)121(90-43-31-78(32-44-90)82-38-54-102-98-50-26-74(6-2)58-106(98)114(110(102)62-82)66-86-70-123-118-22-14-10-18-94(86)118,91-45-33-79(34-46-91)83-39-55-103-99-51-27-75(7-3)59-107(99)115(111(103)63-83)67-87-71-124-119-23-15-11-19-95(87)119)92-47-35-80(36-48-92)84-40-56-104-100-52-28-76(8-4)60-108(100)116(112(104)64-84)68-88-72-125-120-24-16-12-20-96(88)120/h1-4,9-72,93,117,122-125H/b113-65+,114-66+,115-67+,116-68+. The molecule has 15 aromatic carbocycles. The Hall–Kier alpha value is -16.9. The maximum atomic E-state index is 6.17. The van der Waals surface area contributed by atoms with E-state index in [0.717, 1.165) is 194 Å². The second kappa shape index (κ2) is 28.7. The minimum Gasteiger partial charge on any atom is -0.384 e. The van der Waals surface area contributed by atoms with E-state index in [1.54, 1.807) is 0 Å². The molecule has 2 atom stereocenters. The third-order valence-electron chi connectivity index (χ3n) is 26.9. The second-order valence-electron chi connectivity index (χ2n) is 33.5. The maximum Gasteiger partial charge on any atom is 0.0701 e. The molecule has 3 aromatic heterocycles. The van der Waals surface area contributed by atoms with Gasteiger partial charge in [-0.3, -0.25) is 0 Å². The Labute approximate surface area is 726 Å². The molecule has 0 amide bonds. The van der Waals surface area contributed by atoms with E-state index in [2.05, 4.69) is 433 Å². The molecule has 0 saturated carbocycles. The van der Waals surface area contributed by atoms with Gasteiger partial charge in [0.15, 0.2) is 0 Å². The number of hydrogen-bond donors (Lipinski definition) is 4. The van der Waals surface area contributed by atoms with Gasteiger partial charge in [0.25, 0.3) is 0 Å². The number of benzene rings is 15. The number of allylic oxidation sites excluding steroid dienone is 3. The van der Waals surface area contributed by atoms with Gasteiger partial charge in [0.05, 0.1) is 11.5 Å². The highest BCUT2D eigenvalue weighted by molar-refractivity contribution is 6.13. The van der Waals surface area contributed by atoms with Gasteiger partial charge in [0, 0.05) is 102 Å². The lowest BCUT2D eigenvalue weighted by Crippen LogP contribution is -2.31. The summed E-state index contributed by atoms with van der Waals surface area (Å²) in [6, 6.07) is 117. The zero-order valence-electron chi connectivity index (χ0n) is 67.9. The van der Waals surface area contributed by atoms with Crippen molar-refractivity contribution in [3.8, 4) is 138 Å². The number of aromatic nitrogens is 3. The molecule has 18 aromatic rings. The van der Waals surface area contributed by atoms with Crippen LogP contribution in [0, 0.1) is 55.3 Å². The molecule has 0 saturated heterocycles. The zero-order valence-corrected chi connectivity index (χ0v) is 67.9. The van der Waals surface area contributed by atoms with Crippen LogP contribution in [0.2, 0.25) is 0 Å². The number of fused-ring (bicyclic) bond motifs is 16. The van der Waals surface area contributed by atoms with E-state index in [1.165, 1.54) is 61.2 Å². The number of para-hydroxylation sites is 3. The summed E-state index contributed by atoms with van der Waals surface area (Å²) >= 11 is 0. The van der Waals surface area contributed by atoms with E-state index < -0.39 is 5.41 Å². The summed E-state index contributed by atoms with van der Waals surface area (Å²) in [4.78, 5) is 10.6. The Morgan fingerprint density at radius 1 is 0.256 bits per heavy atom. The van der Waals surface area contributed by atoms with Crippen LogP contribution >= 0.6 is 0 Å². The van der Waals surface area contributed by atoms with Gasteiger partial charge < -0.3 is 20.3 Å². The molecule has 0 bridgehead atoms. The summed E-state index contributed by atoms with van der Waals surface area (Å²) in [5.74, 6) is 12.0. The van der Waals surface area contributed by atoms with E-state index in [1.807, 2.05) is 0 Å². The fraction of sp³-hybridized carbons (Fsp3) is 0.0248.